The van der Waals surface area contributed by atoms with Crippen LogP contribution < -0.4 is 5.32 Å². The van der Waals surface area contributed by atoms with E-state index in [-0.39, 0.29) is 12.5 Å². The Morgan fingerprint density at radius 3 is 2.33 bits per heavy atom. The normalized spacial score (nSPS) is 11.6. The van der Waals surface area contributed by atoms with E-state index in [2.05, 4.69) is 10.3 Å². The molecule has 0 saturated carbocycles. The lowest BCUT2D eigenvalue weighted by molar-refractivity contribution is -0.147. The quantitative estimate of drug-likeness (QED) is 0.663. The predicted molar refractivity (Wildman–Crippen MR) is 101 cm³/mol. The van der Waals surface area contributed by atoms with Crippen molar-refractivity contribution in [3.8, 4) is 0 Å². The third-order valence-corrected chi connectivity index (χ3v) is 4.40. The van der Waals surface area contributed by atoms with Gasteiger partial charge >= 0.3 is 5.97 Å². The highest BCUT2D eigenvalue weighted by molar-refractivity contribution is 6.29. The fraction of sp³-hybridized carbons (Fsp3) is 0.150. The maximum atomic E-state index is 12.7. The lowest BCUT2D eigenvalue weighted by Gasteiger charge is -2.18. The molecule has 138 valence electrons. The number of esters is 1. The van der Waals surface area contributed by atoms with Crippen molar-refractivity contribution in [2.75, 3.05) is 0 Å². The monoisotopic (exact) mass is 383 g/mol. The van der Waals surface area contributed by atoms with E-state index in [0.717, 1.165) is 0 Å². The van der Waals surface area contributed by atoms with E-state index in [1.807, 2.05) is 12.1 Å². The van der Waals surface area contributed by atoms with Crippen LogP contribution in [-0.2, 0) is 23.2 Å². The fourth-order valence-corrected chi connectivity index (χ4v) is 2.65. The number of ether oxygens (including phenoxy) is 1. The van der Waals surface area contributed by atoms with E-state index in [1.165, 1.54) is 6.20 Å². The minimum Gasteiger partial charge on any atom is -0.456 e. The summed E-state index contributed by atoms with van der Waals surface area (Å²) in [6, 6.07) is 16.7. The largest absolute Gasteiger partial charge is 0.456 e. The molecule has 1 N–H and O–H groups in total. The average molecular weight is 384 g/mol. The third-order valence-electron chi connectivity index (χ3n) is 4.05. The zero-order valence-electron chi connectivity index (χ0n) is 14.6. The lowest BCUT2D eigenvalue weighted by Crippen LogP contribution is -2.35. The minimum atomic E-state index is -0.936. The van der Waals surface area contributed by atoms with Crippen LogP contribution in [-0.4, -0.2) is 21.4 Å². The number of amides is 1. The smallest absolute Gasteiger partial charge is 0.333 e. The number of rotatable bonds is 6. The van der Waals surface area contributed by atoms with Gasteiger partial charge in [0.15, 0.2) is 6.04 Å². The SMILES string of the molecule is Cn1c(Cl)cnc1COC(=O)C(NC(=O)c1ccccc1)c1ccccc1. The van der Waals surface area contributed by atoms with Gasteiger partial charge in [-0.05, 0) is 17.7 Å². The van der Waals surface area contributed by atoms with Crippen LogP contribution in [0.3, 0.4) is 0 Å². The first-order chi connectivity index (χ1) is 13.1. The summed E-state index contributed by atoms with van der Waals surface area (Å²) in [4.78, 5) is 29.3. The molecule has 0 spiro atoms. The van der Waals surface area contributed by atoms with Crippen LogP contribution in [0.15, 0.2) is 66.9 Å². The summed E-state index contributed by atoms with van der Waals surface area (Å²) in [6.45, 7) is -0.0490. The number of carbonyl (C=O) groups excluding carboxylic acids is 2. The molecule has 27 heavy (non-hydrogen) atoms. The van der Waals surface area contributed by atoms with Gasteiger partial charge < -0.3 is 14.6 Å². The van der Waals surface area contributed by atoms with Gasteiger partial charge in [0, 0.05) is 12.6 Å². The molecule has 0 saturated heterocycles. The Balaban J connectivity index is 1.76. The summed E-state index contributed by atoms with van der Waals surface area (Å²) in [7, 11) is 1.73. The molecule has 3 aromatic rings. The van der Waals surface area contributed by atoms with Gasteiger partial charge in [0.25, 0.3) is 5.91 Å². The van der Waals surface area contributed by atoms with Crippen molar-refractivity contribution in [2.24, 2.45) is 7.05 Å². The standard InChI is InChI=1S/C20H18ClN3O3/c1-24-16(21)12-22-17(24)13-27-20(26)18(14-8-4-2-5-9-14)23-19(25)15-10-6-3-7-11-15/h2-12,18H,13H2,1H3,(H,23,25). The van der Waals surface area contributed by atoms with E-state index < -0.39 is 12.0 Å². The number of nitrogens with zero attached hydrogens (tertiary/aromatic N) is 2. The van der Waals surface area contributed by atoms with Gasteiger partial charge in [-0.15, -0.1) is 0 Å². The third kappa shape index (κ3) is 4.54. The number of carbonyl (C=O) groups is 2. The molecule has 2 aromatic carbocycles. The molecule has 0 radical (unpaired) electrons. The molecule has 0 fully saturated rings. The van der Waals surface area contributed by atoms with Crippen LogP contribution in [0.1, 0.15) is 27.8 Å². The Morgan fingerprint density at radius 1 is 1.11 bits per heavy atom. The Labute approximate surface area is 161 Å². The average Bonchev–Trinajstić information content (AvgIpc) is 3.03. The van der Waals surface area contributed by atoms with Crippen LogP contribution >= 0.6 is 11.6 Å². The van der Waals surface area contributed by atoms with Gasteiger partial charge in [-0.25, -0.2) is 9.78 Å². The van der Waals surface area contributed by atoms with E-state index in [1.54, 1.807) is 60.1 Å². The topological polar surface area (TPSA) is 73.2 Å². The highest BCUT2D eigenvalue weighted by atomic mass is 35.5. The molecular weight excluding hydrogens is 366 g/mol. The van der Waals surface area contributed by atoms with Crippen LogP contribution in [0.4, 0.5) is 0 Å². The second kappa shape index (κ2) is 8.51. The van der Waals surface area contributed by atoms with Gasteiger partial charge in [0.05, 0.1) is 6.20 Å². The zero-order chi connectivity index (χ0) is 19.2. The number of aromatic nitrogens is 2. The van der Waals surface area contributed by atoms with Crippen molar-refractivity contribution < 1.29 is 14.3 Å². The molecule has 0 aliphatic heterocycles. The first-order valence-corrected chi connectivity index (χ1v) is 8.67. The summed E-state index contributed by atoms with van der Waals surface area (Å²) >= 11 is 5.94. The van der Waals surface area contributed by atoms with Crippen molar-refractivity contribution in [2.45, 2.75) is 12.6 Å². The van der Waals surface area contributed by atoms with Crippen molar-refractivity contribution in [3.05, 3.63) is 89.0 Å². The van der Waals surface area contributed by atoms with E-state index >= 15 is 0 Å². The summed E-state index contributed by atoms with van der Waals surface area (Å²) in [5.41, 5.74) is 1.09. The maximum Gasteiger partial charge on any atom is 0.333 e. The molecule has 1 amide bonds. The molecule has 7 heteroatoms. The summed E-state index contributed by atoms with van der Waals surface area (Å²) in [5, 5.41) is 3.18. The zero-order valence-corrected chi connectivity index (χ0v) is 15.4. The van der Waals surface area contributed by atoms with Crippen molar-refractivity contribution in [1.29, 1.82) is 0 Å². The number of hydrogen-bond donors (Lipinski definition) is 1. The number of imidazole rings is 1. The van der Waals surface area contributed by atoms with Gasteiger partial charge in [0.2, 0.25) is 0 Å². The molecule has 0 aliphatic rings. The molecule has 3 rings (SSSR count). The summed E-state index contributed by atoms with van der Waals surface area (Å²) < 4.78 is 7.00. The second-order valence-electron chi connectivity index (χ2n) is 5.85. The fourth-order valence-electron chi connectivity index (χ4n) is 2.51. The first-order valence-electron chi connectivity index (χ1n) is 8.30. The van der Waals surface area contributed by atoms with Crippen LogP contribution in [0.5, 0.6) is 0 Å². The number of hydrogen-bond acceptors (Lipinski definition) is 4. The molecule has 0 aliphatic carbocycles. The maximum absolute atomic E-state index is 12.7. The minimum absolute atomic E-state index is 0.0490. The lowest BCUT2D eigenvalue weighted by atomic mass is 10.1. The number of benzene rings is 2. The molecule has 1 unspecified atom stereocenters. The van der Waals surface area contributed by atoms with Gasteiger partial charge in [-0.1, -0.05) is 60.1 Å². The molecule has 1 aromatic heterocycles. The molecular formula is C20H18ClN3O3. The van der Waals surface area contributed by atoms with E-state index in [9.17, 15) is 9.59 Å². The summed E-state index contributed by atoms with van der Waals surface area (Å²) in [6.07, 6.45) is 1.48. The highest BCUT2D eigenvalue weighted by Crippen LogP contribution is 2.17. The Kier molecular flexibility index (Phi) is 5.88. The van der Waals surface area contributed by atoms with E-state index in [0.29, 0.717) is 22.1 Å². The van der Waals surface area contributed by atoms with Crippen LogP contribution in [0.2, 0.25) is 5.15 Å². The molecule has 1 heterocycles. The molecule has 6 nitrogen and oxygen atoms in total. The van der Waals surface area contributed by atoms with Crippen molar-refractivity contribution in [3.63, 3.8) is 0 Å². The van der Waals surface area contributed by atoms with Crippen LogP contribution in [0.25, 0.3) is 0 Å². The number of halogens is 1. The van der Waals surface area contributed by atoms with Crippen LogP contribution in [0, 0.1) is 0 Å². The highest BCUT2D eigenvalue weighted by Gasteiger charge is 2.25. The Bertz CT molecular complexity index is 926. The first kappa shape index (κ1) is 18.7. The van der Waals surface area contributed by atoms with E-state index in [4.69, 9.17) is 16.3 Å². The Morgan fingerprint density at radius 2 is 1.74 bits per heavy atom. The Hall–Kier alpha value is -3.12. The summed E-state index contributed by atoms with van der Waals surface area (Å²) in [5.74, 6) is -0.430. The van der Waals surface area contributed by atoms with Crippen molar-refractivity contribution in [1.82, 2.24) is 14.9 Å². The molecule has 1 atom stereocenters. The van der Waals surface area contributed by atoms with Gasteiger partial charge in [-0.2, -0.15) is 0 Å². The number of nitrogens with one attached hydrogen (secondary N) is 1. The van der Waals surface area contributed by atoms with Crippen molar-refractivity contribution >= 4 is 23.5 Å². The van der Waals surface area contributed by atoms with Gasteiger partial charge in [0.1, 0.15) is 17.6 Å². The predicted octanol–water partition coefficient (Wildman–Crippen LogP) is 3.29. The molecule has 0 bridgehead atoms. The van der Waals surface area contributed by atoms with Gasteiger partial charge in [-0.3, -0.25) is 4.79 Å². The second-order valence-corrected chi connectivity index (χ2v) is 6.23.